The van der Waals surface area contributed by atoms with Crippen LogP contribution >= 0.6 is 0 Å². The molecule has 0 saturated carbocycles. The van der Waals surface area contributed by atoms with Crippen LogP contribution in [-0.2, 0) is 14.2 Å². The van der Waals surface area contributed by atoms with Gasteiger partial charge in [-0.3, -0.25) is 4.79 Å². The lowest BCUT2D eigenvalue weighted by atomic mass is 9.72. The quantitative estimate of drug-likeness (QED) is 0.355. The molecule has 1 spiro atoms. The van der Waals surface area contributed by atoms with E-state index in [0.717, 1.165) is 58.4 Å². The monoisotopic (exact) mass is 670 g/mol. The number of methoxy groups -OCH3 is 1. The van der Waals surface area contributed by atoms with E-state index in [1.165, 1.54) is 24.5 Å². The van der Waals surface area contributed by atoms with Crippen LogP contribution in [0.4, 0.5) is 15.0 Å². The maximum Gasteiger partial charge on any atom is 0.407 e. The summed E-state index contributed by atoms with van der Waals surface area (Å²) in [6.07, 6.45) is 6.77. The standard InChI is InChI=1S/C35H51FN6O6/c1-24(2)42(15-16-45-6)32(43)28-17-25(36)7-10-29(28)47-30-18-37-23-38-31(30)41-21-35(22-41)11-13-40(14-12-35)19-27-9-8-26(20-46-27)39-33(44)48-34(3,4)5/h7,10,17-18,23-24,26-27H,8-9,11-16,19-22H2,1-6H3,(H,39,44)/t26-,27+/m1/s1. The van der Waals surface area contributed by atoms with Crippen molar-refractivity contribution in [2.75, 3.05) is 64.5 Å². The molecule has 12 nitrogen and oxygen atoms in total. The number of hydrogen-bond donors (Lipinski definition) is 1. The summed E-state index contributed by atoms with van der Waals surface area (Å²) in [5, 5.41) is 2.93. The van der Waals surface area contributed by atoms with E-state index in [2.05, 4.69) is 25.1 Å². The Kier molecular flexibility index (Phi) is 11.4. The van der Waals surface area contributed by atoms with E-state index in [1.54, 1.807) is 18.2 Å². The van der Waals surface area contributed by atoms with Crippen LogP contribution in [-0.4, -0.2) is 115 Å². The summed E-state index contributed by atoms with van der Waals surface area (Å²) in [4.78, 5) is 40.7. The van der Waals surface area contributed by atoms with Crippen LogP contribution in [0.2, 0.25) is 0 Å². The Morgan fingerprint density at radius 1 is 1.17 bits per heavy atom. The van der Waals surface area contributed by atoms with E-state index in [9.17, 15) is 14.0 Å². The molecule has 3 fully saturated rings. The topological polar surface area (TPSA) is 119 Å². The minimum atomic E-state index is -0.522. The minimum Gasteiger partial charge on any atom is -0.451 e. The van der Waals surface area contributed by atoms with Gasteiger partial charge in [0.15, 0.2) is 11.6 Å². The Balaban J connectivity index is 1.13. The molecule has 4 heterocycles. The molecule has 5 rings (SSSR count). The van der Waals surface area contributed by atoms with E-state index in [0.29, 0.717) is 31.3 Å². The lowest BCUT2D eigenvalue weighted by molar-refractivity contribution is -0.0347. The Bertz CT molecular complexity index is 1400. The summed E-state index contributed by atoms with van der Waals surface area (Å²) >= 11 is 0. The molecular formula is C35H51FN6O6. The summed E-state index contributed by atoms with van der Waals surface area (Å²) in [6, 6.07) is 3.85. The molecular weight excluding hydrogens is 619 g/mol. The maximum atomic E-state index is 14.4. The van der Waals surface area contributed by atoms with Crippen LogP contribution in [0.3, 0.4) is 0 Å². The molecule has 48 heavy (non-hydrogen) atoms. The van der Waals surface area contributed by atoms with Crippen molar-refractivity contribution in [3.63, 3.8) is 0 Å². The Labute approximate surface area is 283 Å². The molecule has 13 heteroatoms. The first-order valence-electron chi connectivity index (χ1n) is 17.0. The summed E-state index contributed by atoms with van der Waals surface area (Å²) in [5.74, 6) is 0.482. The molecule has 2 atom stereocenters. The first kappa shape index (κ1) is 35.7. The SMILES string of the molecule is COCCN(C(=O)c1cc(F)ccc1Oc1cncnc1N1CC2(CCN(C[C@@H]3CC[C@@H](NC(=O)OC(C)(C)C)CO3)CC2)C1)C(C)C. The lowest BCUT2D eigenvalue weighted by Gasteiger charge is -2.54. The number of alkyl carbamates (subject to hydrolysis) is 1. The van der Waals surface area contributed by atoms with E-state index in [1.807, 2.05) is 34.6 Å². The zero-order valence-electron chi connectivity index (χ0n) is 29.2. The van der Waals surface area contributed by atoms with Gasteiger partial charge in [0.25, 0.3) is 5.91 Å². The smallest absolute Gasteiger partial charge is 0.407 e. The highest BCUT2D eigenvalue weighted by Crippen LogP contribution is 2.45. The highest BCUT2D eigenvalue weighted by Gasteiger charge is 2.46. The lowest BCUT2D eigenvalue weighted by Crippen LogP contribution is -2.61. The second-order valence-electron chi connectivity index (χ2n) is 14.6. The van der Waals surface area contributed by atoms with Gasteiger partial charge in [-0.05, 0) is 91.6 Å². The van der Waals surface area contributed by atoms with Crippen LogP contribution < -0.4 is 15.0 Å². The fourth-order valence-corrected chi connectivity index (χ4v) is 6.70. The third-order valence-corrected chi connectivity index (χ3v) is 9.29. The molecule has 264 valence electrons. The molecule has 3 saturated heterocycles. The minimum absolute atomic E-state index is 0.0249. The van der Waals surface area contributed by atoms with Crippen molar-refractivity contribution in [1.29, 1.82) is 0 Å². The zero-order chi connectivity index (χ0) is 34.5. The van der Waals surface area contributed by atoms with Gasteiger partial charge in [0.1, 0.15) is 23.5 Å². The molecule has 3 aliphatic heterocycles. The van der Waals surface area contributed by atoms with Crippen molar-refractivity contribution in [2.24, 2.45) is 5.41 Å². The number of nitrogens with one attached hydrogen (secondary N) is 1. The molecule has 0 bridgehead atoms. The van der Waals surface area contributed by atoms with Crippen LogP contribution in [0.1, 0.15) is 70.7 Å². The summed E-state index contributed by atoms with van der Waals surface area (Å²) in [6.45, 7) is 15.2. The Hall–Kier alpha value is -3.55. The van der Waals surface area contributed by atoms with E-state index >= 15 is 0 Å². The van der Waals surface area contributed by atoms with Gasteiger partial charge < -0.3 is 39.0 Å². The van der Waals surface area contributed by atoms with Gasteiger partial charge in [-0.1, -0.05) is 0 Å². The number of aromatic nitrogens is 2. The summed E-state index contributed by atoms with van der Waals surface area (Å²) in [7, 11) is 1.58. The van der Waals surface area contributed by atoms with Gasteiger partial charge in [-0.15, -0.1) is 0 Å². The average molecular weight is 671 g/mol. The highest BCUT2D eigenvalue weighted by atomic mass is 19.1. The average Bonchev–Trinajstić information content (AvgIpc) is 3.01. The molecule has 2 aromatic rings. The van der Waals surface area contributed by atoms with E-state index in [4.69, 9.17) is 18.9 Å². The fourth-order valence-electron chi connectivity index (χ4n) is 6.70. The number of hydrogen-bond acceptors (Lipinski definition) is 10. The Morgan fingerprint density at radius 2 is 1.92 bits per heavy atom. The van der Waals surface area contributed by atoms with Crippen molar-refractivity contribution >= 4 is 17.8 Å². The van der Waals surface area contributed by atoms with Gasteiger partial charge in [-0.25, -0.2) is 19.2 Å². The highest BCUT2D eigenvalue weighted by molar-refractivity contribution is 5.97. The predicted molar refractivity (Wildman–Crippen MR) is 179 cm³/mol. The molecule has 0 radical (unpaired) electrons. The third kappa shape index (κ3) is 9.12. The first-order valence-corrected chi connectivity index (χ1v) is 17.0. The fraction of sp³-hybridized carbons (Fsp3) is 0.657. The largest absolute Gasteiger partial charge is 0.451 e. The number of likely N-dealkylation sites (tertiary alicyclic amines) is 1. The number of carbonyl (C=O) groups excluding carboxylic acids is 2. The molecule has 0 unspecified atom stereocenters. The van der Waals surface area contributed by atoms with Crippen molar-refractivity contribution < 1.29 is 32.9 Å². The maximum absolute atomic E-state index is 14.4. The van der Waals surface area contributed by atoms with Gasteiger partial charge in [-0.2, -0.15) is 0 Å². The molecule has 1 aromatic carbocycles. The van der Waals surface area contributed by atoms with Crippen LogP contribution in [0.25, 0.3) is 0 Å². The first-order chi connectivity index (χ1) is 22.8. The number of nitrogens with zero attached hydrogens (tertiary/aromatic N) is 5. The van der Waals surface area contributed by atoms with Crippen LogP contribution in [0.15, 0.2) is 30.7 Å². The van der Waals surface area contributed by atoms with Gasteiger partial charge in [0.05, 0.1) is 37.1 Å². The van der Waals surface area contributed by atoms with Crippen molar-refractivity contribution in [3.8, 4) is 11.5 Å². The number of carbonyl (C=O) groups is 2. The van der Waals surface area contributed by atoms with Gasteiger partial charge in [0.2, 0.25) is 0 Å². The normalized spacial score (nSPS) is 21.1. The number of benzene rings is 1. The number of ether oxygens (including phenoxy) is 4. The number of piperidine rings is 1. The number of amides is 2. The molecule has 0 aliphatic carbocycles. The molecule has 3 aliphatic rings. The number of anilines is 1. The Morgan fingerprint density at radius 3 is 2.56 bits per heavy atom. The number of rotatable bonds is 11. The van der Waals surface area contributed by atoms with Crippen molar-refractivity contribution in [2.45, 2.75) is 84.1 Å². The van der Waals surface area contributed by atoms with Crippen LogP contribution in [0, 0.1) is 11.2 Å². The van der Waals surface area contributed by atoms with Crippen molar-refractivity contribution in [1.82, 2.24) is 25.1 Å². The van der Waals surface area contributed by atoms with Crippen LogP contribution in [0.5, 0.6) is 11.5 Å². The van der Waals surface area contributed by atoms with Gasteiger partial charge >= 0.3 is 6.09 Å². The number of halogens is 1. The van der Waals surface area contributed by atoms with Crippen molar-refractivity contribution in [3.05, 3.63) is 42.1 Å². The van der Waals surface area contributed by atoms with E-state index in [-0.39, 0.29) is 40.8 Å². The zero-order valence-corrected chi connectivity index (χ0v) is 29.2. The molecule has 2 amide bonds. The second kappa shape index (κ2) is 15.3. The van der Waals surface area contributed by atoms with Gasteiger partial charge in [0, 0.05) is 44.7 Å². The van der Waals surface area contributed by atoms with E-state index < -0.39 is 17.5 Å². The summed E-state index contributed by atoms with van der Waals surface area (Å²) < 4.78 is 37.3. The predicted octanol–water partition coefficient (Wildman–Crippen LogP) is 4.88. The summed E-state index contributed by atoms with van der Waals surface area (Å²) in [5.41, 5.74) is -0.185. The molecule has 1 N–H and O–H groups in total. The second-order valence-corrected chi connectivity index (χ2v) is 14.6. The third-order valence-electron chi connectivity index (χ3n) is 9.29. The molecule has 1 aromatic heterocycles.